The van der Waals surface area contributed by atoms with E-state index in [1.54, 1.807) is 10.8 Å². The molecule has 2 aromatic heterocycles. The van der Waals surface area contributed by atoms with Gasteiger partial charge in [0, 0.05) is 38.5 Å². The highest BCUT2D eigenvalue weighted by atomic mass is 16.5. The van der Waals surface area contributed by atoms with Crippen LogP contribution in [-0.4, -0.2) is 59.0 Å². The van der Waals surface area contributed by atoms with Gasteiger partial charge in [0.1, 0.15) is 5.52 Å². The zero-order chi connectivity index (χ0) is 24.2. The zero-order valence-corrected chi connectivity index (χ0v) is 20.1. The lowest BCUT2D eigenvalue weighted by molar-refractivity contribution is 0.111. The molecule has 2 aliphatic heterocycles. The van der Waals surface area contributed by atoms with E-state index in [0.29, 0.717) is 43.2 Å². The van der Waals surface area contributed by atoms with Crippen LogP contribution < -0.4 is 21.1 Å². The molecule has 2 N–H and O–H groups in total. The lowest BCUT2D eigenvalue weighted by atomic mass is 10.1. The van der Waals surface area contributed by atoms with E-state index in [-0.39, 0.29) is 23.7 Å². The summed E-state index contributed by atoms with van der Waals surface area (Å²) in [5, 5.41) is 5.98. The van der Waals surface area contributed by atoms with Crippen molar-refractivity contribution in [2.45, 2.75) is 51.3 Å². The minimum Gasteiger partial charge on any atom is -0.376 e. The summed E-state index contributed by atoms with van der Waals surface area (Å²) in [5.74, 6) is 0.443. The molecular formula is C26H32N6O3. The van der Waals surface area contributed by atoms with Gasteiger partial charge < -0.3 is 20.3 Å². The summed E-state index contributed by atoms with van der Waals surface area (Å²) in [4.78, 5) is 37.0. The number of aryl methyl sites for hydroxylation is 1. The van der Waals surface area contributed by atoms with Gasteiger partial charge in [-0.3, -0.25) is 9.36 Å². The van der Waals surface area contributed by atoms with Gasteiger partial charge in [0.15, 0.2) is 11.5 Å². The average molecular weight is 477 g/mol. The molecule has 2 fully saturated rings. The highest BCUT2D eigenvalue weighted by molar-refractivity contribution is 5.74. The Bertz CT molecular complexity index is 1230. The van der Waals surface area contributed by atoms with E-state index < -0.39 is 0 Å². The minimum absolute atomic E-state index is 0.0626. The average Bonchev–Trinajstić information content (AvgIpc) is 3.40. The first-order chi connectivity index (χ1) is 17.1. The first-order valence-corrected chi connectivity index (χ1v) is 12.4. The third-order valence-corrected chi connectivity index (χ3v) is 6.79. The van der Waals surface area contributed by atoms with Crippen molar-refractivity contribution in [3.8, 4) is 0 Å². The van der Waals surface area contributed by atoms with E-state index in [0.717, 1.165) is 37.9 Å². The Hall–Kier alpha value is -3.46. The number of rotatable bonds is 6. The van der Waals surface area contributed by atoms with E-state index in [1.165, 1.54) is 5.56 Å². The summed E-state index contributed by atoms with van der Waals surface area (Å²) < 4.78 is 7.27. The lowest BCUT2D eigenvalue weighted by Crippen LogP contribution is -2.50. The highest BCUT2D eigenvalue weighted by Gasteiger charge is 2.25. The quantitative estimate of drug-likeness (QED) is 0.567. The number of anilines is 1. The summed E-state index contributed by atoms with van der Waals surface area (Å²) in [6.07, 6.45) is 5.36. The number of nitrogens with one attached hydrogen (secondary N) is 2. The second kappa shape index (κ2) is 10.4. The Morgan fingerprint density at radius 3 is 2.69 bits per heavy atom. The second-order valence-corrected chi connectivity index (χ2v) is 9.41. The summed E-state index contributed by atoms with van der Waals surface area (Å²) in [7, 11) is 0. The summed E-state index contributed by atoms with van der Waals surface area (Å²) in [6, 6.07) is 11.8. The number of ether oxygens (including phenoxy) is 1. The third kappa shape index (κ3) is 5.45. The predicted octanol–water partition coefficient (Wildman–Crippen LogP) is 2.60. The molecule has 1 atom stereocenters. The van der Waals surface area contributed by atoms with Gasteiger partial charge in [0.05, 0.1) is 12.6 Å². The first-order valence-electron chi connectivity index (χ1n) is 12.4. The van der Waals surface area contributed by atoms with Gasteiger partial charge in [-0.2, -0.15) is 0 Å². The van der Waals surface area contributed by atoms with E-state index in [2.05, 4.69) is 15.6 Å². The van der Waals surface area contributed by atoms with Gasteiger partial charge in [-0.05, 0) is 50.3 Å². The van der Waals surface area contributed by atoms with Gasteiger partial charge in [0.2, 0.25) is 0 Å². The molecule has 0 unspecified atom stereocenters. The number of piperidine rings is 1. The zero-order valence-electron chi connectivity index (χ0n) is 20.1. The number of fused-ring (bicyclic) bond motifs is 1. The van der Waals surface area contributed by atoms with Gasteiger partial charge in [0.25, 0.3) is 5.56 Å². The number of urea groups is 1. The predicted molar refractivity (Wildman–Crippen MR) is 135 cm³/mol. The van der Waals surface area contributed by atoms with Crippen molar-refractivity contribution >= 4 is 23.0 Å². The largest absolute Gasteiger partial charge is 0.376 e. The maximum atomic E-state index is 13.6. The fourth-order valence-corrected chi connectivity index (χ4v) is 4.78. The normalized spacial score (nSPS) is 18.7. The molecule has 0 bridgehead atoms. The van der Waals surface area contributed by atoms with Gasteiger partial charge in [-0.1, -0.05) is 29.8 Å². The molecule has 0 radical (unpaired) electrons. The van der Waals surface area contributed by atoms with Gasteiger partial charge in [-0.15, -0.1) is 0 Å². The van der Waals surface area contributed by atoms with E-state index >= 15 is 0 Å². The number of hydrogen-bond donors (Lipinski definition) is 2. The number of carbonyl (C=O) groups excluding carboxylic acids is 1. The Balaban J connectivity index is 1.27. The molecule has 0 spiro atoms. The minimum atomic E-state index is -0.158. The van der Waals surface area contributed by atoms with Crippen LogP contribution in [-0.2, 0) is 11.3 Å². The number of carbonyl (C=O) groups is 1. The molecule has 1 aromatic carbocycles. The van der Waals surface area contributed by atoms with Crippen molar-refractivity contribution < 1.29 is 9.53 Å². The maximum Gasteiger partial charge on any atom is 0.315 e. The summed E-state index contributed by atoms with van der Waals surface area (Å²) in [5.41, 5.74) is 3.36. The molecule has 0 aliphatic carbocycles. The molecule has 9 heteroatoms. The molecule has 2 aliphatic rings. The standard InChI is InChI=1S/C26H32N6O3/c1-18-6-8-19(9-7-18)17-32-23-22(5-2-12-27-23)30-24(25(32)33)31-13-10-20(11-14-31)29-26(34)28-16-21-4-3-15-35-21/h2,5-9,12,20-21H,3-4,10-11,13-17H2,1H3,(H2,28,29,34)/t21-/m1/s1. The number of amides is 2. The highest BCUT2D eigenvalue weighted by Crippen LogP contribution is 2.19. The van der Waals surface area contributed by atoms with Crippen LogP contribution in [0.25, 0.3) is 11.2 Å². The monoisotopic (exact) mass is 476 g/mol. The fourth-order valence-electron chi connectivity index (χ4n) is 4.78. The molecule has 3 aromatic rings. The number of aromatic nitrogens is 3. The number of pyridine rings is 1. The number of benzene rings is 1. The van der Waals surface area contributed by atoms with Gasteiger partial charge >= 0.3 is 6.03 Å². The van der Waals surface area contributed by atoms with Crippen molar-refractivity contribution in [1.29, 1.82) is 0 Å². The van der Waals surface area contributed by atoms with Crippen molar-refractivity contribution in [2.75, 3.05) is 31.1 Å². The maximum absolute atomic E-state index is 13.6. The summed E-state index contributed by atoms with van der Waals surface area (Å²) >= 11 is 0. The Morgan fingerprint density at radius 1 is 1.14 bits per heavy atom. The van der Waals surface area contributed by atoms with E-state index in [1.807, 2.05) is 48.2 Å². The molecule has 2 saturated heterocycles. The van der Waals surface area contributed by atoms with Crippen LogP contribution in [0.1, 0.15) is 36.8 Å². The number of nitrogens with zero attached hydrogens (tertiary/aromatic N) is 4. The third-order valence-electron chi connectivity index (χ3n) is 6.79. The molecule has 2 amide bonds. The van der Waals surface area contributed by atoms with Crippen LogP contribution in [0.2, 0.25) is 0 Å². The molecule has 35 heavy (non-hydrogen) atoms. The van der Waals surface area contributed by atoms with Crippen LogP contribution in [0.5, 0.6) is 0 Å². The van der Waals surface area contributed by atoms with Crippen molar-refractivity contribution in [1.82, 2.24) is 25.2 Å². The van der Waals surface area contributed by atoms with Crippen LogP contribution in [0.15, 0.2) is 47.4 Å². The van der Waals surface area contributed by atoms with Crippen LogP contribution >= 0.6 is 0 Å². The molecule has 184 valence electrons. The Morgan fingerprint density at radius 2 is 1.94 bits per heavy atom. The van der Waals surface area contributed by atoms with E-state index in [9.17, 15) is 9.59 Å². The first kappa shape index (κ1) is 23.3. The molecular weight excluding hydrogens is 444 g/mol. The molecule has 0 saturated carbocycles. The lowest BCUT2D eigenvalue weighted by Gasteiger charge is -2.33. The van der Waals surface area contributed by atoms with E-state index in [4.69, 9.17) is 9.72 Å². The van der Waals surface area contributed by atoms with Crippen LogP contribution in [0, 0.1) is 6.92 Å². The van der Waals surface area contributed by atoms with Crippen molar-refractivity contribution in [3.63, 3.8) is 0 Å². The second-order valence-electron chi connectivity index (χ2n) is 9.41. The van der Waals surface area contributed by atoms with Crippen molar-refractivity contribution in [2.24, 2.45) is 0 Å². The summed E-state index contributed by atoms with van der Waals surface area (Å²) in [6.45, 7) is 5.09. The topological polar surface area (TPSA) is 101 Å². The van der Waals surface area contributed by atoms with Crippen LogP contribution in [0.3, 0.4) is 0 Å². The fraction of sp³-hybridized carbons (Fsp3) is 0.462. The smallest absolute Gasteiger partial charge is 0.315 e. The molecule has 5 rings (SSSR count). The molecule has 4 heterocycles. The molecule has 9 nitrogen and oxygen atoms in total. The van der Waals surface area contributed by atoms with Crippen LogP contribution in [0.4, 0.5) is 10.6 Å². The SMILES string of the molecule is Cc1ccc(Cn2c(=O)c(N3CCC(NC(=O)NC[C@H]4CCCO4)CC3)nc3cccnc32)cc1. The van der Waals surface area contributed by atoms with Gasteiger partial charge in [-0.25, -0.2) is 14.8 Å². The number of hydrogen-bond acceptors (Lipinski definition) is 6. The Kier molecular flexibility index (Phi) is 6.94. The van der Waals surface area contributed by atoms with Crippen molar-refractivity contribution in [3.05, 3.63) is 64.1 Å². The Labute approximate surface area is 204 Å².